The average Bonchev–Trinajstić information content (AvgIpc) is 3.15. The van der Waals surface area contributed by atoms with Crippen LogP contribution in [0.5, 0.6) is 5.75 Å². The van der Waals surface area contributed by atoms with E-state index < -0.39 is 5.92 Å². The van der Waals surface area contributed by atoms with E-state index in [9.17, 15) is 9.59 Å². The minimum atomic E-state index is -0.412. The molecule has 1 aliphatic rings. The first-order valence-corrected chi connectivity index (χ1v) is 10.4. The first-order valence-electron chi connectivity index (χ1n) is 9.57. The van der Waals surface area contributed by atoms with E-state index >= 15 is 0 Å². The van der Waals surface area contributed by atoms with E-state index in [0.29, 0.717) is 24.6 Å². The number of pyridine rings is 1. The van der Waals surface area contributed by atoms with Crippen LogP contribution in [0.25, 0.3) is 0 Å². The van der Waals surface area contributed by atoms with E-state index in [1.165, 1.54) is 0 Å². The van der Waals surface area contributed by atoms with Gasteiger partial charge in [-0.2, -0.15) is 0 Å². The monoisotopic (exact) mass is 465 g/mol. The molecule has 4 rings (SSSR count). The lowest BCUT2D eigenvalue weighted by Crippen LogP contribution is -2.28. The Kier molecular flexibility index (Phi) is 6.09. The third-order valence-electron chi connectivity index (χ3n) is 4.87. The zero-order chi connectivity index (χ0) is 20.9. The summed E-state index contributed by atoms with van der Waals surface area (Å²) in [6.45, 7) is 0.744. The molecular weight excluding hydrogens is 446 g/mol. The van der Waals surface area contributed by atoms with Crippen molar-refractivity contribution in [1.82, 2.24) is 4.98 Å². The number of ether oxygens (including phenoxy) is 1. The largest absolute Gasteiger partial charge is 0.489 e. The average molecular weight is 466 g/mol. The van der Waals surface area contributed by atoms with Gasteiger partial charge in [0.25, 0.3) is 0 Å². The van der Waals surface area contributed by atoms with Crippen molar-refractivity contribution in [3.8, 4) is 5.75 Å². The fourth-order valence-corrected chi connectivity index (χ4v) is 3.84. The van der Waals surface area contributed by atoms with Gasteiger partial charge in [-0.15, -0.1) is 0 Å². The summed E-state index contributed by atoms with van der Waals surface area (Å²) >= 11 is 3.47. The van der Waals surface area contributed by atoms with Crippen LogP contribution < -0.4 is 15.0 Å². The summed E-state index contributed by atoms with van der Waals surface area (Å²) in [6, 6.07) is 18.5. The van der Waals surface area contributed by atoms with Crippen molar-refractivity contribution in [2.45, 2.75) is 13.0 Å². The molecule has 0 spiro atoms. The van der Waals surface area contributed by atoms with Gasteiger partial charge < -0.3 is 15.0 Å². The molecule has 1 unspecified atom stereocenters. The van der Waals surface area contributed by atoms with E-state index in [4.69, 9.17) is 4.74 Å². The van der Waals surface area contributed by atoms with Crippen molar-refractivity contribution >= 4 is 39.1 Å². The smallest absolute Gasteiger partial charge is 0.229 e. The molecule has 1 aliphatic heterocycles. The standard InChI is InChI=1S/C23H20BrN3O3/c24-20-8-1-2-9-21(20)27-14-17(11-22(27)28)23(29)26-18-6-3-7-19(12-18)30-15-16-5-4-10-25-13-16/h1-10,12-13,17H,11,14-15H2,(H,26,29). The second-order valence-corrected chi connectivity index (χ2v) is 7.88. The Morgan fingerprint density at radius 3 is 2.83 bits per heavy atom. The SMILES string of the molecule is O=C(Nc1cccc(OCc2cccnc2)c1)C1CC(=O)N(c2ccccc2Br)C1. The molecule has 1 fully saturated rings. The Labute approximate surface area is 183 Å². The second-order valence-electron chi connectivity index (χ2n) is 7.02. The van der Waals surface area contributed by atoms with Gasteiger partial charge in [0.15, 0.2) is 0 Å². The van der Waals surface area contributed by atoms with Crippen molar-refractivity contribution < 1.29 is 14.3 Å². The molecule has 6 nitrogen and oxygen atoms in total. The van der Waals surface area contributed by atoms with Crippen molar-refractivity contribution in [2.75, 3.05) is 16.8 Å². The molecule has 0 radical (unpaired) electrons. The van der Waals surface area contributed by atoms with Crippen LogP contribution in [0.3, 0.4) is 0 Å². The maximum absolute atomic E-state index is 12.8. The van der Waals surface area contributed by atoms with Gasteiger partial charge in [0, 0.05) is 47.1 Å². The quantitative estimate of drug-likeness (QED) is 0.584. The second kappa shape index (κ2) is 9.09. The summed E-state index contributed by atoms with van der Waals surface area (Å²) < 4.78 is 6.62. The maximum atomic E-state index is 12.8. The highest BCUT2D eigenvalue weighted by Gasteiger charge is 2.35. The molecule has 7 heteroatoms. The lowest BCUT2D eigenvalue weighted by atomic mass is 10.1. The lowest BCUT2D eigenvalue weighted by Gasteiger charge is -2.18. The Morgan fingerprint density at radius 2 is 2.03 bits per heavy atom. The number of nitrogens with zero attached hydrogens (tertiary/aromatic N) is 2. The van der Waals surface area contributed by atoms with E-state index in [0.717, 1.165) is 15.7 Å². The van der Waals surface area contributed by atoms with Gasteiger partial charge in [-0.25, -0.2) is 0 Å². The molecule has 0 saturated carbocycles. The number of hydrogen-bond acceptors (Lipinski definition) is 4. The molecule has 2 heterocycles. The highest BCUT2D eigenvalue weighted by atomic mass is 79.9. The van der Waals surface area contributed by atoms with Crippen molar-refractivity contribution in [1.29, 1.82) is 0 Å². The molecule has 0 bridgehead atoms. The van der Waals surface area contributed by atoms with Gasteiger partial charge in [0.1, 0.15) is 12.4 Å². The zero-order valence-corrected chi connectivity index (χ0v) is 17.7. The van der Waals surface area contributed by atoms with E-state index in [-0.39, 0.29) is 18.2 Å². The van der Waals surface area contributed by atoms with Crippen LogP contribution in [0.15, 0.2) is 77.5 Å². The Bertz CT molecular complexity index is 1060. The van der Waals surface area contributed by atoms with Crippen LogP contribution in [0.2, 0.25) is 0 Å². The summed E-state index contributed by atoms with van der Waals surface area (Å²) in [6.07, 6.45) is 3.65. The van der Waals surface area contributed by atoms with Crippen LogP contribution in [0.4, 0.5) is 11.4 Å². The summed E-state index contributed by atoms with van der Waals surface area (Å²) in [5, 5.41) is 2.91. The van der Waals surface area contributed by atoms with Crippen molar-refractivity contribution in [3.63, 3.8) is 0 Å². The topological polar surface area (TPSA) is 71.5 Å². The lowest BCUT2D eigenvalue weighted by molar-refractivity contribution is -0.122. The third-order valence-corrected chi connectivity index (χ3v) is 5.54. The molecule has 1 saturated heterocycles. The molecule has 0 aliphatic carbocycles. The van der Waals surface area contributed by atoms with Crippen LogP contribution >= 0.6 is 15.9 Å². The van der Waals surface area contributed by atoms with Crippen molar-refractivity contribution in [3.05, 3.63) is 83.1 Å². The molecule has 1 N–H and O–H groups in total. The van der Waals surface area contributed by atoms with Crippen LogP contribution in [0, 0.1) is 5.92 Å². The number of rotatable bonds is 6. The minimum Gasteiger partial charge on any atom is -0.489 e. The highest BCUT2D eigenvalue weighted by molar-refractivity contribution is 9.10. The van der Waals surface area contributed by atoms with Crippen LogP contribution in [-0.4, -0.2) is 23.3 Å². The Morgan fingerprint density at radius 1 is 1.17 bits per heavy atom. The van der Waals surface area contributed by atoms with Crippen LogP contribution in [0.1, 0.15) is 12.0 Å². The van der Waals surface area contributed by atoms with Crippen LogP contribution in [-0.2, 0) is 16.2 Å². The maximum Gasteiger partial charge on any atom is 0.229 e. The molecular formula is C23H20BrN3O3. The number of carbonyl (C=O) groups excluding carboxylic acids is 2. The molecule has 2 aromatic carbocycles. The molecule has 152 valence electrons. The number of aromatic nitrogens is 1. The summed E-state index contributed by atoms with van der Waals surface area (Å²) in [7, 11) is 0. The minimum absolute atomic E-state index is 0.0596. The first kappa shape index (κ1) is 20.1. The predicted molar refractivity (Wildman–Crippen MR) is 118 cm³/mol. The number of anilines is 2. The number of carbonyl (C=O) groups is 2. The Balaban J connectivity index is 1.38. The van der Waals surface area contributed by atoms with E-state index in [1.807, 2.05) is 48.5 Å². The normalized spacial score (nSPS) is 15.8. The van der Waals surface area contributed by atoms with Gasteiger partial charge in [-0.05, 0) is 46.3 Å². The predicted octanol–water partition coefficient (Wildman–Crippen LogP) is 4.41. The molecule has 30 heavy (non-hydrogen) atoms. The number of benzene rings is 2. The summed E-state index contributed by atoms with van der Waals surface area (Å²) in [5.74, 6) is -0.00325. The molecule has 1 atom stereocenters. The van der Waals surface area contributed by atoms with Gasteiger partial charge >= 0.3 is 0 Å². The molecule has 2 amide bonds. The molecule has 3 aromatic rings. The van der Waals surface area contributed by atoms with E-state index in [2.05, 4.69) is 26.2 Å². The third kappa shape index (κ3) is 4.68. The van der Waals surface area contributed by atoms with Crippen molar-refractivity contribution in [2.24, 2.45) is 5.92 Å². The zero-order valence-electron chi connectivity index (χ0n) is 16.1. The number of para-hydroxylation sites is 1. The Hall–Kier alpha value is -3.19. The number of halogens is 1. The number of nitrogens with one attached hydrogen (secondary N) is 1. The number of hydrogen-bond donors (Lipinski definition) is 1. The van der Waals surface area contributed by atoms with Gasteiger partial charge in [0.05, 0.1) is 11.6 Å². The van der Waals surface area contributed by atoms with E-state index in [1.54, 1.807) is 29.4 Å². The van der Waals surface area contributed by atoms with Gasteiger partial charge in [0.2, 0.25) is 11.8 Å². The highest BCUT2D eigenvalue weighted by Crippen LogP contribution is 2.31. The number of amides is 2. The fraction of sp³-hybridized carbons (Fsp3) is 0.174. The fourth-order valence-electron chi connectivity index (χ4n) is 3.34. The first-order chi connectivity index (χ1) is 14.6. The summed E-state index contributed by atoms with van der Waals surface area (Å²) in [4.78, 5) is 31.0. The summed E-state index contributed by atoms with van der Waals surface area (Å²) in [5.41, 5.74) is 2.38. The van der Waals surface area contributed by atoms with Gasteiger partial charge in [-0.3, -0.25) is 14.6 Å². The molecule has 1 aromatic heterocycles. The van der Waals surface area contributed by atoms with Gasteiger partial charge in [-0.1, -0.05) is 24.3 Å².